The Balaban J connectivity index is 1.56. The van der Waals surface area contributed by atoms with E-state index in [4.69, 9.17) is 4.74 Å². The number of ether oxygens (including phenoxy) is 2. The molecule has 1 aliphatic rings. The molecular formula is C21H24F2N2O3. The van der Waals surface area contributed by atoms with Crippen LogP contribution >= 0.6 is 0 Å². The van der Waals surface area contributed by atoms with E-state index in [1.54, 1.807) is 17.0 Å². The molecule has 150 valence electrons. The average Bonchev–Trinajstić information content (AvgIpc) is 2.70. The summed E-state index contributed by atoms with van der Waals surface area (Å²) >= 11 is 0. The Hall–Kier alpha value is -2.67. The molecule has 0 radical (unpaired) electrons. The largest absolute Gasteiger partial charge is 0.494 e. The molecule has 0 unspecified atom stereocenters. The molecule has 28 heavy (non-hydrogen) atoms. The van der Waals surface area contributed by atoms with E-state index in [0.29, 0.717) is 19.7 Å². The number of hydrogen-bond donors (Lipinski definition) is 0. The highest BCUT2D eigenvalue weighted by Crippen LogP contribution is 2.23. The lowest BCUT2D eigenvalue weighted by Crippen LogP contribution is -2.48. The van der Waals surface area contributed by atoms with Crippen LogP contribution in [0.3, 0.4) is 0 Å². The summed E-state index contributed by atoms with van der Waals surface area (Å²) in [6.07, 6.45) is 0. The third kappa shape index (κ3) is 5.19. The maximum atomic E-state index is 12.7. The number of piperazine rings is 1. The number of carbonyl (C=O) groups excluding carboxylic acids is 1. The number of carbonyl (C=O) groups is 1. The fourth-order valence-electron chi connectivity index (χ4n) is 3.24. The number of para-hydroxylation sites is 1. The predicted octanol–water partition coefficient (Wildman–Crippen LogP) is 3.64. The topological polar surface area (TPSA) is 42.0 Å². The first kappa shape index (κ1) is 20.1. The summed E-state index contributed by atoms with van der Waals surface area (Å²) in [5, 5.41) is 0. The minimum absolute atomic E-state index is 0.0840. The van der Waals surface area contributed by atoms with Crippen LogP contribution < -0.4 is 9.47 Å². The van der Waals surface area contributed by atoms with Gasteiger partial charge in [-0.05, 0) is 36.8 Å². The smallest absolute Gasteiger partial charge is 0.387 e. The number of alkyl halides is 2. The first-order valence-corrected chi connectivity index (χ1v) is 9.34. The van der Waals surface area contributed by atoms with Crippen molar-refractivity contribution in [2.24, 2.45) is 0 Å². The van der Waals surface area contributed by atoms with Crippen molar-refractivity contribution in [1.29, 1.82) is 0 Å². The van der Waals surface area contributed by atoms with Crippen LogP contribution in [-0.2, 0) is 6.54 Å². The molecule has 0 aliphatic carbocycles. The standard InChI is InChI=1S/C21H24F2N2O3/c1-2-27-17-9-7-16(8-10-17)15-24-11-13-25(14-12-24)20(26)18-5-3-4-6-19(18)28-21(22)23/h3-10,21H,2,11-15H2,1H3. The lowest BCUT2D eigenvalue weighted by molar-refractivity contribution is -0.0503. The lowest BCUT2D eigenvalue weighted by Gasteiger charge is -2.35. The van der Waals surface area contributed by atoms with E-state index in [1.807, 2.05) is 31.2 Å². The van der Waals surface area contributed by atoms with Gasteiger partial charge in [-0.15, -0.1) is 0 Å². The summed E-state index contributed by atoms with van der Waals surface area (Å²) in [7, 11) is 0. The highest BCUT2D eigenvalue weighted by atomic mass is 19.3. The minimum Gasteiger partial charge on any atom is -0.494 e. The summed E-state index contributed by atoms with van der Waals surface area (Å²) in [5.41, 5.74) is 1.35. The molecule has 0 N–H and O–H groups in total. The van der Waals surface area contributed by atoms with Gasteiger partial charge >= 0.3 is 6.61 Å². The van der Waals surface area contributed by atoms with Gasteiger partial charge in [-0.3, -0.25) is 9.69 Å². The van der Waals surface area contributed by atoms with E-state index < -0.39 is 6.61 Å². The summed E-state index contributed by atoms with van der Waals surface area (Å²) < 4.78 is 35.1. The third-order valence-corrected chi connectivity index (χ3v) is 4.63. The van der Waals surface area contributed by atoms with Crippen molar-refractivity contribution in [1.82, 2.24) is 9.80 Å². The number of amides is 1. The van der Waals surface area contributed by atoms with E-state index >= 15 is 0 Å². The second kappa shape index (κ2) is 9.50. The Bertz CT molecular complexity index is 775. The molecule has 1 amide bonds. The molecule has 0 spiro atoms. The summed E-state index contributed by atoms with van der Waals surface area (Å²) in [6, 6.07) is 14.1. The van der Waals surface area contributed by atoms with E-state index in [-0.39, 0.29) is 17.2 Å². The third-order valence-electron chi connectivity index (χ3n) is 4.63. The summed E-state index contributed by atoms with van der Waals surface area (Å²) in [4.78, 5) is 16.7. The van der Waals surface area contributed by atoms with Crippen LogP contribution in [-0.4, -0.2) is 55.1 Å². The van der Waals surface area contributed by atoms with E-state index in [9.17, 15) is 13.6 Å². The Morgan fingerprint density at radius 3 is 2.36 bits per heavy atom. The van der Waals surface area contributed by atoms with Gasteiger partial charge in [0.25, 0.3) is 5.91 Å². The summed E-state index contributed by atoms with van der Waals surface area (Å²) in [5.74, 6) is 0.489. The van der Waals surface area contributed by atoms with Crippen LogP contribution in [0.25, 0.3) is 0 Å². The predicted molar refractivity (Wildman–Crippen MR) is 102 cm³/mol. The molecule has 0 saturated carbocycles. The van der Waals surface area contributed by atoms with Gasteiger partial charge in [-0.2, -0.15) is 8.78 Å². The van der Waals surface area contributed by atoms with Crippen molar-refractivity contribution in [2.75, 3.05) is 32.8 Å². The zero-order valence-corrected chi connectivity index (χ0v) is 15.8. The molecule has 7 heteroatoms. The molecule has 0 aromatic heterocycles. The maximum absolute atomic E-state index is 12.7. The van der Waals surface area contributed by atoms with Crippen molar-refractivity contribution in [2.45, 2.75) is 20.1 Å². The number of nitrogens with zero attached hydrogens (tertiary/aromatic N) is 2. The second-order valence-corrected chi connectivity index (χ2v) is 6.52. The van der Waals surface area contributed by atoms with E-state index in [2.05, 4.69) is 9.64 Å². The van der Waals surface area contributed by atoms with E-state index in [0.717, 1.165) is 25.4 Å². The van der Waals surface area contributed by atoms with Gasteiger partial charge in [0.1, 0.15) is 11.5 Å². The molecule has 0 bridgehead atoms. The van der Waals surface area contributed by atoms with Crippen LogP contribution in [0.2, 0.25) is 0 Å². The Kier molecular flexibility index (Phi) is 6.81. The Morgan fingerprint density at radius 2 is 1.71 bits per heavy atom. The molecular weight excluding hydrogens is 366 g/mol. The molecule has 0 atom stereocenters. The quantitative estimate of drug-likeness (QED) is 0.724. The van der Waals surface area contributed by atoms with Crippen LogP contribution in [0.5, 0.6) is 11.5 Å². The lowest BCUT2D eigenvalue weighted by atomic mass is 10.1. The zero-order valence-electron chi connectivity index (χ0n) is 15.8. The molecule has 3 rings (SSSR count). The highest BCUT2D eigenvalue weighted by Gasteiger charge is 2.25. The zero-order chi connectivity index (χ0) is 19.9. The molecule has 2 aromatic rings. The number of hydrogen-bond acceptors (Lipinski definition) is 4. The van der Waals surface area contributed by atoms with E-state index in [1.165, 1.54) is 17.7 Å². The van der Waals surface area contributed by atoms with Crippen molar-refractivity contribution in [3.05, 3.63) is 59.7 Å². The van der Waals surface area contributed by atoms with Gasteiger partial charge in [0.2, 0.25) is 0 Å². The first-order chi connectivity index (χ1) is 13.6. The van der Waals surface area contributed by atoms with Crippen molar-refractivity contribution in [3.63, 3.8) is 0 Å². The number of halogens is 2. The highest BCUT2D eigenvalue weighted by molar-refractivity contribution is 5.97. The molecule has 1 saturated heterocycles. The van der Waals surface area contributed by atoms with Crippen LogP contribution in [0.1, 0.15) is 22.8 Å². The Morgan fingerprint density at radius 1 is 1.04 bits per heavy atom. The van der Waals surface area contributed by atoms with Gasteiger partial charge in [-0.25, -0.2) is 0 Å². The molecule has 2 aromatic carbocycles. The van der Waals surface area contributed by atoms with Crippen molar-refractivity contribution < 1.29 is 23.0 Å². The average molecular weight is 390 g/mol. The molecule has 1 heterocycles. The molecule has 1 fully saturated rings. The SMILES string of the molecule is CCOc1ccc(CN2CCN(C(=O)c3ccccc3OC(F)F)CC2)cc1. The summed E-state index contributed by atoms with van der Waals surface area (Å²) in [6.45, 7) is 2.94. The van der Waals surface area contributed by atoms with Gasteiger partial charge in [0, 0.05) is 32.7 Å². The van der Waals surface area contributed by atoms with Crippen LogP contribution in [0, 0.1) is 0 Å². The monoisotopic (exact) mass is 390 g/mol. The van der Waals surface area contributed by atoms with Gasteiger partial charge in [-0.1, -0.05) is 24.3 Å². The van der Waals surface area contributed by atoms with Gasteiger partial charge in [0.15, 0.2) is 0 Å². The normalized spacial score (nSPS) is 14.9. The number of rotatable bonds is 7. The second-order valence-electron chi connectivity index (χ2n) is 6.52. The number of benzene rings is 2. The van der Waals surface area contributed by atoms with Crippen LogP contribution in [0.15, 0.2) is 48.5 Å². The fraction of sp³-hybridized carbons (Fsp3) is 0.381. The van der Waals surface area contributed by atoms with Crippen molar-refractivity contribution >= 4 is 5.91 Å². The molecule has 5 nitrogen and oxygen atoms in total. The van der Waals surface area contributed by atoms with Crippen molar-refractivity contribution in [3.8, 4) is 11.5 Å². The van der Waals surface area contributed by atoms with Gasteiger partial charge < -0.3 is 14.4 Å². The first-order valence-electron chi connectivity index (χ1n) is 9.34. The fourth-order valence-corrected chi connectivity index (χ4v) is 3.24. The van der Waals surface area contributed by atoms with Gasteiger partial charge in [0.05, 0.1) is 12.2 Å². The minimum atomic E-state index is -2.96. The maximum Gasteiger partial charge on any atom is 0.387 e. The Labute approximate surface area is 163 Å². The van der Waals surface area contributed by atoms with Crippen LogP contribution in [0.4, 0.5) is 8.78 Å². The molecule has 1 aliphatic heterocycles.